The Balaban J connectivity index is 1.52. The highest BCUT2D eigenvalue weighted by atomic mass is 19.1. The number of halogens is 1. The summed E-state index contributed by atoms with van der Waals surface area (Å²) in [4.78, 5) is 17.8. The normalized spacial score (nSPS) is 17.5. The van der Waals surface area contributed by atoms with Crippen LogP contribution < -0.4 is 10.1 Å². The van der Waals surface area contributed by atoms with E-state index in [2.05, 4.69) is 20.5 Å². The number of hydrogen-bond donors (Lipinski definition) is 1. The molecule has 8 nitrogen and oxygen atoms in total. The number of rotatable bonds is 1. The van der Waals surface area contributed by atoms with Crippen LogP contribution in [0.25, 0.3) is 11.5 Å². The van der Waals surface area contributed by atoms with Crippen molar-refractivity contribution in [1.82, 2.24) is 19.7 Å². The van der Waals surface area contributed by atoms with E-state index in [0.717, 1.165) is 25.7 Å². The van der Waals surface area contributed by atoms with Crippen molar-refractivity contribution in [2.75, 3.05) is 25.1 Å². The number of carbonyl (C=O) groups excluding carboxylic acids is 1. The molecule has 2 aliphatic rings. The number of benzene rings is 1. The molecule has 1 saturated heterocycles. The van der Waals surface area contributed by atoms with E-state index in [-0.39, 0.29) is 17.5 Å². The van der Waals surface area contributed by atoms with Gasteiger partial charge in [0.1, 0.15) is 29.4 Å². The molecule has 1 aromatic carbocycles. The summed E-state index contributed by atoms with van der Waals surface area (Å²) in [5.74, 6) is 0.539. The molecule has 0 atom stereocenters. The maximum Gasteiger partial charge on any atom is 0.260 e. The maximum absolute atomic E-state index is 15.0. The Morgan fingerprint density at radius 2 is 2.00 bits per heavy atom. The number of ether oxygens (including phenoxy) is 2. The lowest BCUT2D eigenvalue weighted by atomic mass is 9.90. The van der Waals surface area contributed by atoms with Gasteiger partial charge in [-0.1, -0.05) is 6.07 Å². The van der Waals surface area contributed by atoms with Crippen molar-refractivity contribution >= 4 is 11.7 Å². The van der Waals surface area contributed by atoms with Gasteiger partial charge in [0.15, 0.2) is 5.82 Å². The Kier molecular flexibility index (Phi) is 5.81. The molecule has 5 rings (SSSR count). The van der Waals surface area contributed by atoms with E-state index in [0.29, 0.717) is 54.8 Å². The third-order valence-electron chi connectivity index (χ3n) is 5.89. The number of anilines is 1. The number of nitrogens with one attached hydrogen (secondary N) is 1. The molecular weight excluding hydrogens is 413 g/mol. The Bertz CT molecular complexity index is 1130. The zero-order valence-corrected chi connectivity index (χ0v) is 17.6. The Morgan fingerprint density at radius 3 is 2.88 bits per heavy atom. The largest absolute Gasteiger partial charge is 0.493 e. The average Bonchev–Trinajstić information content (AvgIpc) is 3.28. The second kappa shape index (κ2) is 9.04. The molecule has 4 heterocycles. The second-order valence-corrected chi connectivity index (χ2v) is 8.02. The third-order valence-corrected chi connectivity index (χ3v) is 5.89. The molecule has 0 saturated carbocycles. The zero-order valence-electron chi connectivity index (χ0n) is 17.6. The molecule has 32 heavy (non-hydrogen) atoms. The number of nitrogens with zero attached hydrogens (tertiary/aromatic N) is 4. The van der Waals surface area contributed by atoms with Crippen molar-refractivity contribution in [3.8, 4) is 17.3 Å². The number of aryl methyl sites for hydroxylation is 1. The zero-order chi connectivity index (χ0) is 21.9. The monoisotopic (exact) mass is 437 g/mol. The number of carbonyl (C=O) groups is 1. The van der Waals surface area contributed by atoms with Crippen LogP contribution in [0, 0.1) is 5.82 Å². The lowest BCUT2D eigenvalue weighted by Crippen LogP contribution is -2.19. The predicted octanol–water partition coefficient (Wildman–Crippen LogP) is 3.80. The van der Waals surface area contributed by atoms with Crippen LogP contribution in [0.4, 0.5) is 10.2 Å². The van der Waals surface area contributed by atoms with Gasteiger partial charge in [0, 0.05) is 25.8 Å². The molecule has 0 aliphatic carbocycles. The van der Waals surface area contributed by atoms with Gasteiger partial charge in [-0.05, 0) is 55.4 Å². The number of amides is 1. The van der Waals surface area contributed by atoms with Crippen molar-refractivity contribution in [3.05, 3.63) is 53.6 Å². The number of fused-ring (bicyclic) bond motifs is 5. The lowest BCUT2D eigenvalue weighted by Gasteiger charge is -2.24. The minimum Gasteiger partial charge on any atom is -0.493 e. The fraction of sp³-hybridized carbons (Fsp3) is 0.391. The average molecular weight is 437 g/mol. The molecule has 2 aliphatic heterocycles. The number of pyridine rings is 1. The summed E-state index contributed by atoms with van der Waals surface area (Å²) in [6.45, 7) is 2.25. The minimum absolute atomic E-state index is 0.0164. The molecule has 1 fully saturated rings. The summed E-state index contributed by atoms with van der Waals surface area (Å²) < 4.78 is 28.2. The van der Waals surface area contributed by atoms with Gasteiger partial charge in [-0.2, -0.15) is 0 Å². The topological polar surface area (TPSA) is 91.2 Å². The lowest BCUT2D eigenvalue weighted by molar-refractivity contribution is 0.0845. The minimum atomic E-state index is -0.392. The third kappa shape index (κ3) is 4.20. The first-order valence-electron chi connectivity index (χ1n) is 10.9. The van der Waals surface area contributed by atoms with Gasteiger partial charge in [-0.25, -0.2) is 9.37 Å². The molecule has 0 radical (unpaired) electrons. The van der Waals surface area contributed by atoms with Crippen LogP contribution in [0.1, 0.15) is 47.5 Å². The van der Waals surface area contributed by atoms with Crippen molar-refractivity contribution in [2.24, 2.45) is 0 Å². The molecule has 2 aromatic heterocycles. The van der Waals surface area contributed by atoms with Gasteiger partial charge in [-0.15, -0.1) is 10.2 Å². The SMILES string of the molecule is O=C1Nc2cccc(n2)-c2nncn2CCCCOc2cc(F)c(C3CCOCC3)cc21. The number of hydrogen-bond acceptors (Lipinski definition) is 6. The standard InChI is InChI=1S/C23H24FN5O3/c24-18-13-20-17(12-16(18)15-6-10-31-11-7-15)23(30)27-21-5-3-4-19(26-21)22-28-25-14-29(22)8-1-2-9-32-20/h3-5,12-15H,1-2,6-11H2,(H,26,27,30). The van der Waals surface area contributed by atoms with Crippen LogP contribution in [-0.4, -0.2) is 45.5 Å². The quantitative estimate of drug-likeness (QED) is 0.623. The van der Waals surface area contributed by atoms with E-state index >= 15 is 0 Å². The Morgan fingerprint density at radius 1 is 1.12 bits per heavy atom. The first kappa shape index (κ1) is 20.6. The molecule has 0 unspecified atom stereocenters. The summed E-state index contributed by atoms with van der Waals surface area (Å²) >= 11 is 0. The van der Waals surface area contributed by atoms with Crippen LogP contribution in [0.15, 0.2) is 36.7 Å². The number of aromatic nitrogens is 4. The summed E-state index contributed by atoms with van der Waals surface area (Å²) in [6.07, 6.45) is 4.66. The van der Waals surface area contributed by atoms with Gasteiger partial charge in [0.2, 0.25) is 0 Å². The molecule has 9 heteroatoms. The van der Waals surface area contributed by atoms with Crippen LogP contribution >= 0.6 is 0 Å². The molecule has 0 spiro atoms. The Labute approximate surface area is 184 Å². The van der Waals surface area contributed by atoms with E-state index in [1.54, 1.807) is 24.5 Å². The highest BCUT2D eigenvalue weighted by molar-refractivity contribution is 6.06. The van der Waals surface area contributed by atoms with Gasteiger partial charge < -0.3 is 19.4 Å². The van der Waals surface area contributed by atoms with Crippen LogP contribution in [0.5, 0.6) is 5.75 Å². The van der Waals surface area contributed by atoms with Crippen molar-refractivity contribution in [3.63, 3.8) is 0 Å². The smallest absolute Gasteiger partial charge is 0.260 e. The first-order valence-corrected chi connectivity index (χ1v) is 10.9. The summed E-state index contributed by atoms with van der Waals surface area (Å²) in [5.41, 5.74) is 1.46. The van der Waals surface area contributed by atoms with Crippen LogP contribution in [0.2, 0.25) is 0 Å². The van der Waals surface area contributed by atoms with Crippen LogP contribution in [0.3, 0.4) is 0 Å². The summed E-state index contributed by atoms with van der Waals surface area (Å²) in [6, 6.07) is 8.31. The van der Waals surface area contributed by atoms with E-state index in [9.17, 15) is 9.18 Å². The summed E-state index contributed by atoms with van der Waals surface area (Å²) in [5, 5.41) is 11.0. The van der Waals surface area contributed by atoms with E-state index in [4.69, 9.17) is 9.47 Å². The molecular formula is C23H24FN5O3. The molecule has 1 N–H and O–H groups in total. The van der Waals surface area contributed by atoms with Crippen molar-refractivity contribution in [2.45, 2.75) is 38.1 Å². The van der Waals surface area contributed by atoms with Crippen molar-refractivity contribution < 1.29 is 18.7 Å². The molecule has 166 valence electrons. The van der Waals surface area contributed by atoms with Gasteiger partial charge in [0.05, 0.1) is 12.2 Å². The van der Waals surface area contributed by atoms with Gasteiger partial charge >= 0.3 is 0 Å². The van der Waals surface area contributed by atoms with Crippen LogP contribution in [-0.2, 0) is 11.3 Å². The maximum atomic E-state index is 15.0. The molecule has 1 amide bonds. The predicted molar refractivity (Wildman–Crippen MR) is 115 cm³/mol. The Hall–Kier alpha value is -3.33. The first-order chi connectivity index (χ1) is 15.7. The van der Waals surface area contributed by atoms with Gasteiger partial charge in [0.25, 0.3) is 5.91 Å². The second-order valence-electron chi connectivity index (χ2n) is 8.02. The molecule has 3 aromatic rings. The van der Waals surface area contributed by atoms with E-state index < -0.39 is 5.91 Å². The fourth-order valence-corrected chi connectivity index (χ4v) is 4.19. The van der Waals surface area contributed by atoms with Gasteiger partial charge in [-0.3, -0.25) is 4.79 Å². The van der Waals surface area contributed by atoms with Crippen molar-refractivity contribution in [1.29, 1.82) is 0 Å². The van der Waals surface area contributed by atoms with E-state index in [1.165, 1.54) is 6.07 Å². The van der Waals surface area contributed by atoms with E-state index in [1.807, 2.05) is 10.6 Å². The summed E-state index contributed by atoms with van der Waals surface area (Å²) in [7, 11) is 0. The highest BCUT2D eigenvalue weighted by Crippen LogP contribution is 2.34. The highest BCUT2D eigenvalue weighted by Gasteiger charge is 2.24. The molecule has 2 bridgehead atoms. The fourth-order valence-electron chi connectivity index (χ4n) is 4.19.